The van der Waals surface area contributed by atoms with E-state index in [9.17, 15) is 10.1 Å². The molecule has 3 aromatic rings. The Labute approximate surface area is 114 Å². The van der Waals surface area contributed by atoms with Gasteiger partial charge in [-0.25, -0.2) is 4.98 Å². The highest BCUT2D eigenvalue weighted by Gasteiger charge is 2.25. The molecule has 0 N–H and O–H groups in total. The minimum absolute atomic E-state index is 0.245. The number of benzene rings is 2. The molecule has 0 unspecified atom stereocenters. The molecule has 0 aliphatic carbocycles. The molecule has 0 saturated heterocycles. The number of oxazole rings is 1. The fraction of sp³-hybridized carbons (Fsp3) is 0. The number of hydrogen-bond donors (Lipinski definition) is 0. The van der Waals surface area contributed by atoms with Gasteiger partial charge in [0.1, 0.15) is 4.92 Å². The Balaban J connectivity index is 2.15. The van der Waals surface area contributed by atoms with Crippen molar-refractivity contribution in [3.05, 3.63) is 70.8 Å². The van der Waals surface area contributed by atoms with Gasteiger partial charge in [-0.3, -0.25) is 10.1 Å². The topological polar surface area (TPSA) is 69.2 Å². The Bertz CT molecular complexity index is 736. The molecular formula is C15H10N2O3. The standard InChI is InChI=1S/C15H10N2O3/c18-17(19)15-13(11-7-3-1-4-8-11)16-14(20-15)12-9-5-2-6-10-12/h1-10H. The lowest BCUT2D eigenvalue weighted by Crippen LogP contribution is -1.88. The first-order chi connectivity index (χ1) is 9.75. The molecule has 1 heterocycles. The van der Waals surface area contributed by atoms with Crippen LogP contribution in [-0.2, 0) is 0 Å². The van der Waals surface area contributed by atoms with Crippen molar-refractivity contribution in [2.24, 2.45) is 0 Å². The summed E-state index contributed by atoms with van der Waals surface area (Å²) < 4.78 is 5.31. The van der Waals surface area contributed by atoms with Crippen LogP contribution in [0.4, 0.5) is 5.88 Å². The van der Waals surface area contributed by atoms with Gasteiger partial charge in [0.25, 0.3) is 0 Å². The van der Waals surface area contributed by atoms with Crippen LogP contribution in [0.15, 0.2) is 65.1 Å². The van der Waals surface area contributed by atoms with Gasteiger partial charge in [-0.1, -0.05) is 48.5 Å². The molecule has 20 heavy (non-hydrogen) atoms. The van der Waals surface area contributed by atoms with Crippen LogP contribution in [0.1, 0.15) is 0 Å². The van der Waals surface area contributed by atoms with Crippen molar-refractivity contribution in [2.45, 2.75) is 0 Å². The third-order valence-corrected chi connectivity index (χ3v) is 2.84. The van der Waals surface area contributed by atoms with E-state index in [2.05, 4.69) is 4.98 Å². The molecule has 1 aromatic heterocycles. The Hall–Kier alpha value is -2.95. The third-order valence-electron chi connectivity index (χ3n) is 2.84. The quantitative estimate of drug-likeness (QED) is 0.532. The Morgan fingerprint density at radius 1 is 0.900 bits per heavy atom. The van der Waals surface area contributed by atoms with E-state index in [0.717, 1.165) is 0 Å². The highest BCUT2D eigenvalue weighted by molar-refractivity contribution is 5.69. The Kier molecular flexibility index (Phi) is 3.01. The lowest BCUT2D eigenvalue weighted by molar-refractivity contribution is -0.401. The summed E-state index contributed by atoms with van der Waals surface area (Å²) in [6.45, 7) is 0. The second-order valence-electron chi connectivity index (χ2n) is 4.16. The van der Waals surface area contributed by atoms with Crippen molar-refractivity contribution in [2.75, 3.05) is 0 Å². The van der Waals surface area contributed by atoms with Gasteiger partial charge in [-0.2, -0.15) is 0 Å². The van der Waals surface area contributed by atoms with Crippen LogP contribution in [0.25, 0.3) is 22.7 Å². The van der Waals surface area contributed by atoms with E-state index in [1.54, 1.807) is 36.4 Å². The van der Waals surface area contributed by atoms with Crippen molar-refractivity contribution < 1.29 is 9.34 Å². The smallest absolute Gasteiger partial charge is 0.380 e. The number of rotatable bonds is 3. The van der Waals surface area contributed by atoms with Crippen LogP contribution in [0, 0.1) is 10.1 Å². The molecule has 0 saturated carbocycles. The minimum Gasteiger partial charge on any atom is -0.380 e. The molecule has 0 aliphatic rings. The van der Waals surface area contributed by atoms with Crippen molar-refractivity contribution in [3.8, 4) is 22.7 Å². The van der Waals surface area contributed by atoms with E-state index in [1.807, 2.05) is 24.3 Å². The molecule has 5 nitrogen and oxygen atoms in total. The van der Waals surface area contributed by atoms with E-state index in [1.165, 1.54) is 0 Å². The molecule has 3 rings (SSSR count). The number of aromatic nitrogens is 1. The molecular weight excluding hydrogens is 256 g/mol. The lowest BCUT2D eigenvalue weighted by Gasteiger charge is -1.93. The summed E-state index contributed by atoms with van der Waals surface area (Å²) >= 11 is 0. The SMILES string of the molecule is O=[N+]([O-])c1oc(-c2ccccc2)nc1-c1ccccc1. The van der Waals surface area contributed by atoms with Crippen molar-refractivity contribution in [1.29, 1.82) is 0 Å². The molecule has 0 amide bonds. The summed E-state index contributed by atoms with van der Waals surface area (Å²) in [5, 5.41) is 11.1. The van der Waals surface area contributed by atoms with Gasteiger partial charge < -0.3 is 4.42 Å². The predicted octanol–water partition coefficient (Wildman–Crippen LogP) is 3.92. The van der Waals surface area contributed by atoms with Crippen LogP contribution in [0.3, 0.4) is 0 Å². The zero-order valence-corrected chi connectivity index (χ0v) is 10.4. The van der Waals surface area contributed by atoms with Gasteiger partial charge >= 0.3 is 5.88 Å². The van der Waals surface area contributed by atoms with Gasteiger partial charge in [0.05, 0.1) is 0 Å². The first-order valence-electron chi connectivity index (χ1n) is 6.02. The molecule has 0 spiro atoms. The highest BCUT2D eigenvalue weighted by Crippen LogP contribution is 2.33. The van der Waals surface area contributed by atoms with Gasteiger partial charge in [0.2, 0.25) is 5.89 Å². The summed E-state index contributed by atoms with van der Waals surface area (Å²) in [4.78, 5) is 14.8. The molecule has 5 heteroatoms. The minimum atomic E-state index is -0.554. The number of hydrogen-bond acceptors (Lipinski definition) is 4. The fourth-order valence-electron chi connectivity index (χ4n) is 1.92. The zero-order valence-electron chi connectivity index (χ0n) is 10.4. The molecule has 0 aliphatic heterocycles. The summed E-state index contributed by atoms with van der Waals surface area (Å²) in [5.41, 5.74) is 1.61. The Morgan fingerprint density at radius 3 is 2.00 bits per heavy atom. The van der Waals surface area contributed by atoms with Crippen LogP contribution >= 0.6 is 0 Å². The second kappa shape index (κ2) is 4.97. The highest BCUT2D eigenvalue weighted by atomic mass is 16.6. The second-order valence-corrected chi connectivity index (χ2v) is 4.16. The van der Waals surface area contributed by atoms with E-state index >= 15 is 0 Å². The van der Waals surface area contributed by atoms with Crippen LogP contribution in [-0.4, -0.2) is 9.91 Å². The first kappa shape index (κ1) is 12.1. The molecule has 0 bridgehead atoms. The summed E-state index contributed by atoms with van der Waals surface area (Å²) in [6, 6.07) is 18.1. The monoisotopic (exact) mass is 266 g/mol. The van der Waals surface area contributed by atoms with E-state index < -0.39 is 4.92 Å². The maximum absolute atomic E-state index is 11.1. The maximum Gasteiger partial charge on any atom is 0.461 e. The Morgan fingerprint density at radius 2 is 1.45 bits per heavy atom. The molecule has 2 aromatic carbocycles. The third kappa shape index (κ3) is 2.16. The summed E-state index contributed by atoms with van der Waals surface area (Å²) in [6.07, 6.45) is 0. The van der Waals surface area contributed by atoms with Gasteiger partial charge in [0.15, 0.2) is 5.69 Å². The van der Waals surface area contributed by atoms with E-state index in [0.29, 0.717) is 11.1 Å². The van der Waals surface area contributed by atoms with Gasteiger partial charge in [-0.05, 0) is 12.1 Å². The molecule has 0 fully saturated rings. The van der Waals surface area contributed by atoms with Gasteiger partial charge in [0, 0.05) is 11.1 Å². The summed E-state index contributed by atoms with van der Waals surface area (Å²) in [5.74, 6) is -0.0915. The average Bonchev–Trinajstić information content (AvgIpc) is 2.94. The van der Waals surface area contributed by atoms with Gasteiger partial charge in [-0.15, -0.1) is 0 Å². The summed E-state index contributed by atoms with van der Waals surface area (Å²) in [7, 11) is 0. The van der Waals surface area contributed by atoms with Crippen molar-refractivity contribution in [1.82, 2.24) is 4.98 Å². The van der Waals surface area contributed by atoms with Crippen molar-refractivity contribution >= 4 is 5.88 Å². The number of nitro groups is 1. The largest absolute Gasteiger partial charge is 0.461 e. The van der Waals surface area contributed by atoms with Crippen molar-refractivity contribution in [3.63, 3.8) is 0 Å². The molecule has 0 atom stereocenters. The number of nitrogens with zero attached hydrogens (tertiary/aromatic N) is 2. The normalized spacial score (nSPS) is 10.4. The van der Waals surface area contributed by atoms with E-state index in [4.69, 9.17) is 4.42 Å². The molecule has 0 radical (unpaired) electrons. The lowest BCUT2D eigenvalue weighted by atomic mass is 10.1. The van der Waals surface area contributed by atoms with Crippen LogP contribution in [0.5, 0.6) is 0 Å². The first-order valence-corrected chi connectivity index (χ1v) is 6.02. The maximum atomic E-state index is 11.1. The fourth-order valence-corrected chi connectivity index (χ4v) is 1.92. The van der Waals surface area contributed by atoms with Crippen LogP contribution < -0.4 is 0 Å². The molecule has 98 valence electrons. The van der Waals surface area contributed by atoms with Crippen LogP contribution in [0.2, 0.25) is 0 Å². The average molecular weight is 266 g/mol. The van der Waals surface area contributed by atoms with E-state index in [-0.39, 0.29) is 17.5 Å². The predicted molar refractivity (Wildman–Crippen MR) is 74.0 cm³/mol. The zero-order chi connectivity index (χ0) is 13.9.